The highest BCUT2D eigenvalue weighted by molar-refractivity contribution is 8.08. The number of pyridine rings is 1. The van der Waals surface area contributed by atoms with Crippen LogP contribution in [0, 0.1) is 0 Å². The Morgan fingerprint density at radius 2 is 2.26 bits per heavy atom. The zero-order valence-corrected chi connectivity index (χ0v) is 17.0. The summed E-state index contributed by atoms with van der Waals surface area (Å²) in [6, 6.07) is 3.46. The number of nitrogens with zero attached hydrogens (tertiary/aromatic N) is 2. The van der Waals surface area contributed by atoms with Crippen molar-refractivity contribution in [1.29, 1.82) is 0 Å². The molecular weight excluding hydrogens is 407 g/mol. The number of hydrogen-bond acceptors (Lipinski definition) is 6. The molecule has 0 aliphatic carbocycles. The monoisotopic (exact) mass is 424 g/mol. The molecule has 1 atom stereocenters. The van der Waals surface area contributed by atoms with E-state index in [0.29, 0.717) is 25.9 Å². The highest BCUT2D eigenvalue weighted by atomic mass is 35.5. The third-order valence-corrected chi connectivity index (χ3v) is 4.50. The number of rotatable bonds is 8. The van der Waals surface area contributed by atoms with Gasteiger partial charge in [0.05, 0.1) is 28.0 Å². The maximum atomic E-state index is 11.9. The lowest BCUT2D eigenvalue weighted by Crippen LogP contribution is -2.15. The molecule has 8 heteroatoms. The summed E-state index contributed by atoms with van der Waals surface area (Å²) in [6.07, 6.45) is 6.00. The molecule has 2 rings (SSSR count). The van der Waals surface area contributed by atoms with E-state index in [0.717, 1.165) is 5.56 Å². The smallest absolute Gasteiger partial charge is 0.312 e. The van der Waals surface area contributed by atoms with Gasteiger partial charge in [-0.2, -0.15) is 0 Å². The van der Waals surface area contributed by atoms with Crippen LogP contribution in [-0.4, -0.2) is 23.8 Å². The van der Waals surface area contributed by atoms with Gasteiger partial charge in [0.15, 0.2) is 11.9 Å². The lowest BCUT2D eigenvalue weighted by Gasteiger charge is -2.24. The molecule has 5 nitrogen and oxygen atoms in total. The molecule has 0 amide bonds. The van der Waals surface area contributed by atoms with Gasteiger partial charge >= 0.3 is 5.97 Å². The predicted molar refractivity (Wildman–Crippen MR) is 111 cm³/mol. The zero-order chi connectivity index (χ0) is 19.8. The van der Waals surface area contributed by atoms with E-state index >= 15 is 0 Å². The van der Waals surface area contributed by atoms with Gasteiger partial charge in [-0.1, -0.05) is 60.3 Å². The molecule has 0 saturated heterocycles. The van der Waals surface area contributed by atoms with Crippen LogP contribution in [0.1, 0.15) is 25.0 Å². The second-order valence-corrected chi connectivity index (χ2v) is 7.42. The van der Waals surface area contributed by atoms with Gasteiger partial charge in [-0.25, -0.2) is 4.98 Å². The van der Waals surface area contributed by atoms with E-state index in [9.17, 15) is 4.79 Å². The Bertz CT molecular complexity index is 817. The molecule has 0 N–H and O–H groups in total. The first-order valence-electron chi connectivity index (χ1n) is 8.01. The van der Waals surface area contributed by atoms with Crippen molar-refractivity contribution in [1.82, 2.24) is 4.98 Å². The fourth-order valence-electron chi connectivity index (χ4n) is 2.21. The van der Waals surface area contributed by atoms with Gasteiger partial charge < -0.3 is 9.47 Å². The Hall–Kier alpha value is -2.02. The molecule has 1 aliphatic heterocycles. The first-order valence-corrected chi connectivity index (χ1v) is 9.58. The number of aromatic nitrogens is 1. The summed E-state index contributed by atoms with van der Waals surface area (Å²) in [5.41, 5.74) is 1.20. The van der Waals surface area contributed by atoms with Crippen molar-refractivity contribution in [3.8, 4) is 0 Å². The Morgan fingerprint density at radius 1 is 1.48 bits per heavy atom. The van der Waals surface area contributed by atoms with Gasteiger partial charge in [0, 0.05) is 18.0 Å². The number of carbonyl (C=O) groups excluding carboxylic acids is 1. The fourth-order valence-corrected chi connectivity index (χ4v) is 3.23. The van der Waals surface area contributed by atoms with E-state index in [1.165, 1.54) is 11.8 Å². The van der Waals surface area contributed by atoms with Crippen molar-refractivity contribution >= 4 is 47.1 Å². The van der Waals surface area contributed by atoms with Crippen LogP contribution in [-0.2, 0) is 14.3 Å². The van der Waals surface area contributed by atoms with Crippen LogP contribution in [0.3, 0.4) is 0 Å². The summed E-state index contributed by atoms with van der Waals surface area (Å²) in [4.78, 5) is 21.1. The number of esters is 1. The minimum Gasteiger partial charge on any atom is -0.477 e. The van der Waals surface area contributed by atoms with Gasteiger partial charge in [-0.05, 0) is 19.1 Å². The molecule has 0 spiro atoms. The molecule has 142 valence electrons. The van der Waals surface area contributed by atoms with Crippen LogP contribution in [0.5, 0.6) is 0 Å². The van der Waals surface area contributed by atoms with Gasteiger partial charge in [0.2, 0.25) is 0 Å². The van der Waals surface area contributed by atoms with E-state index in [1.807, 2.05) is 0 Å². The number of carbonyl (C=O) groups is 1. The second kappa shape index (κ2) is 10.3. The zero-order valence-electron chi connectivity index (χ0n) is 14.7. The van der Waals surface area contributed by atoms with Gasteiger partial charge in [0.25, 0.3) is 0 Å². The SMILES string of the molecule is C=C/C=C(\SC(=C)Cl)C1=C(CC(=O)OCC)N=CC(c2ccc(Cl)nc2)O1. The van der Waals surface area contributed by atoms with Gasteiger partial charge in [0.1, 0.15) is 5.15 Å². The van der Waals surface area contributed by atoms with E-state index < -0.39 is 12.1 Å². The first-order chi connectivity index (χ1) is 12.9. The van der Waals surface area contributed by atoms with Crippen LogP contribution in [0.15, 0.2) is 69.4 Å². The molecule has 0 saturated carbocycles. The minimum atomic E-state index is -0.492. The highest BCUT2D eigenvalue weighted by Crippen LogP contribution is 2.39. The molecule has 0 bridgehead atoms. The summed E-state index contributed by atoms with van der Waals surface area (Å²) >= 11 is 13.0. The number of allylic oxidation sites excluding steroid dienone is 2. The topological polar surface area (TPSA) is 60.8 Å². The van der Waals surface area contributed by atoms with Crippen molar-refractivity contribution in [2.45, 2.75) is 19.4 Å². The number of aliphatic imine (C=N–C) groups is 1. The Labute approximate surface area is 172 Å². The predicted octanol–water partition coefficient (Wildman–Crippen LogP) is 5.56. The lowest BCUT2D eigenvalue weighted by atomic mass is 10.1. The fraction of sp³-hybridized carbons (Fsp3) is 0.211. The molecular formula is C19H18Cl2N2O3S. The molecule has 27 heavy (non-hydrogen) atoms. The summed E-state index contributed by atoms with van der Waals surface area (Å²) in [5.74, 6) is 0.0159. The average molecular weight is 425 g/mol. The highest BCUT2D eigenvalue weighted by Gasteiger charge is 2.25. The summed E-state index contributed by atoms with van der Waals surface area (Å²) in [6.45, 7) is 9.43. The number of thioether (sulfide) groups is 1. The second-order valence-electron chi connectivity index (χ2n) is 5.21. The first kappa shape index (κ1) is 21.3. The minimum absolute atomic E-state index is 0.0327. The van der Waals surface area contributed by atoms with Crippen molar-refractivity contribution in [3.05, 3.63) is 75.1 Å². The number of hydrogen-bond donors (Lipinski definition) is 0. The summed E-state index contributed by atoms with van der Waals surface area (Å²) in [5, 5.41) is 0.381. The van der Waals surface area contributed by atoms with Crippen LogP contribution in [0.2, 0.25) is 5.15 Å². The maximum Gasteiger partial charge on any atom is 0.312 e. The average Bonchev–Trinajstić information content (AvgIpc) is 2.62. The summed E-state index contributed by atoms with van der Waals surface area (Å²) in [7, 11) is 0. The van der Waals surface area contributed by atoms with E-state index in [2.05, 4.69) is 23.1 Å². The third-order valence-electron chi connectivity index (χ3n) is 3.28. The van der Waals surface area contributed by atoms with Crippen LogP contribution in [0.25, 0.3) is 0 Å². The van der Waals surface area contributed by atoms with E-state index in [4.69, 9.17) is 32.7 Å². The standard InChI is InChI=1S/C19H18Cl2N2O3S/c1-4-6-16(27-12(3)20)19-14(9-18(24)25-5-2)22-11-15(26-19)13-7-8-17(21)23-10-13/h4,6-8,10-11,15H,1,3,5,9H2,2H3/b16-6-. The summed E-state index contributed by atoms with van der Waals surface area (Å²) < 4.78 is 11.5. The molecule has 1 aromatic rings. The van der Waals surface area contributed by atoms with Crippen LogP contribution < -0.4 is 0 Å². The molecule has 0 aromatic carbocycles. The largest absolute Gasteiger partial charge is 0.477 e. The van der Waals surface area contributed by atoms with Gasteiger partial charge in [-0.15, -0.1) is 0 Å². The van der Waals surface area contributed by atoms with Crippen LogP contribution in [0.4, 0.5) is 0 Å². The Kier molecular flexibility index (Phi) is 8.16. The Balaban J connectivity index is 2.39. The molecule has 0 radical (unpaired) electrons. The molecule has 2 heterocycles. The lowest BCUT2D eigenvalue weighted by molar-refractivity contribution is -0.142. The quantitative estimate of drug-likeness (QED) is 0.310. The molecule has 1 aliphatic rings. The molecule has 1 unspecified atom stereocenters. The number of halogens is 2. The van der Waals surface area contributed by atoms with Crippen molar-refractivity contribution in [2.75, 3.05) is 6.61 Å². The van der Waals surface area contributed by atoms with E-state index in [1.54, 1.807) is 43.6 Å². The van der Waals surface area contributed by atoms with Crippen molar-refractivity contribution in [2.24, 2.45) is 4.99 Å². The van der Waals surface area contributed by atoms with Crippen LogP contribution >= 0.6 is 35.0 Å². The normalized spacial score (nSPS) is 16.7. The third kappa shape index (κ3) is 6.27. The Morgan fingerprint density at radius 3 is 2.85 bits per heavy atom. The number of ether oxygens (including phenoxy) is 2. The van der Waals surface area contributed by atoms with E-state index in [-0.39, 0.29) is 13.0 Å². The van der Waals surface area contributed by atoms with Crippen molar-refractivity contribution in [3.63, 3.8) is 0 Å². The van der Waals surface area contributed by atoms with Gasteiger partial charge in [-0.3, -0.25) is 9.79 Å². The molecule has 0 fully saturated rings. The molecule has 1 aromatic heterocycles. The van der Waals surface area contributed by atoms with Crippen molar-refractivity contribution < 1.29 is 14.3 Å². The maximum absolute atomic E-state index is 11.9.